The maximum absolute atomic E-state index is 14.2. The number of ether oxygens (including phenoxy) is 1. The van der Waals surface area contributed by atoms with Gasteiger partial charge in [0.25, 0.3) is 0 Å². The summed E-state index contributed by atoms with van der Waals surface area (Å²) in [5.41, 5.74) is 0.572. The fourth-order valence-electron chi connectivity index (χ4n) is 3.29. The summed E-state index contributed by atoms with van der Waals surface area (Å²) in [5.74, 6) is -3.82. The molecule has 1 aromatic rings. The highest BCUT2D eigenvalue weighted by atomic mass is 19.1. The summed E-state index contributed by atoms with van der Waals surface area (Å²) >= 11 is 0. The van der Waals surface area contributed by atoms with E-state index in [1.165, 1.54) is 19.1 Å². The van der Waals surface area contributed by atoms with Gasteiger partial charge in [0.15, 0.2) is 0 Å². The van der Waals surface area contributed by atoms with Crippen LogP contribution in [0.25, 0.3) is 0 Å². The number of carboxylic acids is 1. The number of carbonyl (C=O) groups is 2. The Morgan fingerprint density at radius 1 is 1.46 bits per heavy atom. The second-order valence-corrected chi connectivity index (χ2v) is 5.73. The molecule has 0 amide bonds. The Bertz CT molecular complexity index is 809. The summed E-state index contributed by atoms with van der Waals surface area (Å²) in [6.45, 7) is 2.69. The van der Waals surface area contributed by atoms with Crippen LogP contribution in [-0.4, -0.2) is 23.7 Å². The Morgan fingerprint density at radius 3 is 2.79 bits per heavy atom. The van der Waals surface area contributed by atoms with E-state index >= 15 is 0 Å². The van der Waals surface area contributed by atoms with Gasteiger partial charge >= 0.3 is 11.9 Å². The van der Waals surface area contributed by atoms with E-state index in [4.69, 9.17) is 4.74 Å². The highest BCUT2D eigenvalue weighted by Gasteiger charge is 2.42. The highest BCUT2D eigenvalue weighted by Crippen LogP contribution is 2.44. The number of hydrogen-bond donors (Lipinski definition) is 2. The Labute approximate surface area is 136 Å². The minimum Gasteiger partial charge on any atom is -0.478 e. The van der Waals surface area contributed by atoms with Gasteiger partial charge < -0.3 is 15.2 Å². The smallest absolute Gasteiger partial charge is 0.337 e. The van der Waals surface area contributed by atoms with Crippen LogP contribution in [0.15, 0.2) is 40.7 Å². The van der Waals surface area contributed by atoms with E-state index < -0.39 is 29.8 Å². The molecule has 2 aliphatic heterocycles. The standard InChI is InChI=1S/C17H15F2NO4/c1-7(18)12-9(4-3-5-10(12)19)14-13(16(21)22)8(2)20-11-6-24-17(23)15(11)14/h3-5,7,14,20H,6H2,1-2H3,(H,21,22)/t7-,14?/m1/s1. The van der Waals surface area contributed by atoms with E-state index in [1.54, 1.807) is 6.92 Å². The number of esters is 1. The van der Waals surface area contributed by atoms with Crippen LogP contribution in [0, 0.1) is 5.82 Å². The molecule has 1 unspecified atom stereocenters. The van der Waals surface area contributed by atoms with Crippen molar-refractivity contribution in [2.75, 3.05) is 6.61 Å². The van der Waals surface area contributed by atoms with Gasteiger partial charge in [0.05, 0.1) is 22.8 Å². The zero-order chi connectivity index (χ0) is 17.6. The quantitative estimate of drug-likeness (QED) is 0.831. The van der Waals surface area contributed by atoms with Gasteiger partial charge in [-0.05, 0) is 25.5 Å². The van der Waals surface area contributed by atoms with E-state index in [0.717, 1.165) is 6.07 Å². The van der Waals surface area contributed by atoms with Crippen LogP contribution < -0.4 is 5.32 Å². The number of benzene rings is 1. The normalized spacial score (nSPS) is 21.3. The maximum Gasteiger partial charge on any atom is 0.337 e. The predicted molar refractivity (Wildman–Crippen MR) is 80.1 cm³/mol. The molecule has 0 radical (unpaired) electrons. The van der Waals surface area contributed by atoms with Gasteiger partial charge in [-0.15, -0.1) is 0 Å². The van der Waals surface area contributed by atoms with Crippen LogP contribution in [-0.2, 0) is 14.3 Å². The first-order chi connectivity index (χ1) is 11.3. The Hall–Kier alpha value is -2.70. The number of halogens is 2. The van der Waals surface area contributed by atoms with Gasteiger partial charge in [-0.3, -0.25) is 0 Å². The van der Waals surface area contributed by atoms with Crippen molar-refractivity contribution in [2.24, 2.45) is 0 Å². The molecule has 5 nitrogen and oxygen atoms in total. The van der Waals surface area contributed by atoms with Crippen LogP contribution in [0.5, 0.6) is 0 Å². The lowest BCUT2D eigenvalue weighted by Gasteiger charge is -2.28. The minimum absolute atomic E-state index is 0.0231. The van der Waals surface area contributed by atoms with Crippen molar-refractivity contribution in [1.82, 2.24) is 5.32 Å². The van der Waals surface area contributed by atoms with Crippen LogP contribution in [0.2, 0.25) is 0 Å². The number of allylic oxidation sites excluding steroid dienone is 1. The van der Waals surface area contributed by atoms with Gasteiger partial charge in [-0.1, -0.05) is 12.1 Å². The predicted octanol–water partition coefficient (Wildman–Crippen LogP) is 2.71. The molecular weight excluding hydrogens is 320 g/mol. The summed E-state index contributed by atoms with van der Waals surface area (Å²) in [4.78, 5) is 23.9. The number of carboxylic acid groups (broad SMARTS) is 1. The molecule has 24 heavy (non-hydrogen) atoms. The number of nitrogens with one attached hydrogen (secondary N) is 1. The average molecular weight is 335 g/mol. The van der Waals surface area contributed by atoms with Crippen LogP contribution >= 0.6 is 0 Å². The monoisotopic (exact) mass is 335 g/mol. The van der Waals surface area contributed by atoms with Gasteiger partial charge in [0.1, 0.15) is 18.6 Å². The lowest BCUT2D eigenvalue weighted by molar-refractivity contribution is -0.136. The van der Waals surface area contributed by atoms with Crippen molar-refractivity contribution in [2.45, 2.75) is 25.9 Å². The maximum atomic E-state index is 14.2. The largest absolute Gasteiger partial charge is 0.478 e. The molecule has 0 spiro atoms. The van der Waals surface area contributed by atoms with Gasteiger partial charge in [0, 0.05) is 11.3 Å². The van der Waals surface area contributed by atoms with E-state index in [9.17, 15) is 23.5 Å². The summed E-state index contributed by atoms with van der Waals surface area (Å²) < 4.78 is 33.2. The van der Waals surface area contributed by atoms with Crippen LogP contribution in [0.4, 0.5) is 8.78 Å². The molecule has 2 N–H and O–H groups in total. The Kier molecular flexibility index (Phi) is 3.87. The van der Waals surface area contributed by atoms with E-state index in [1.807, 2.05) is 0 Å². The first kappa shape index (κ1) is 16.2. The Morgan fingerprint density at radius 2 is 2.17 bits per heavy atom. The average Bonchev–Trinajstić information content (AvgIpc) is 2.85. The third-order valence-electron chi connectivity index (χ3n) is 4.24. The fourth-order valence-corrected chi connectivity index (χ4v) is 3.29. The second kappa shape index (κ2) is 5.74. The van der Waals surface area contributed by atoms with Crippen LogP contribution in [0.1, 0.15) is 37.1 Å². The van der Waals surface area contributed by atoms with Crippen molar-refractivity contribution in [3.63, 3.8) is 0 Å². The summed E-state index contributed by atoms with van der Waals surface area (Å²) in [6.07, 6.45) is -1.66. The Balaban J connectivity index is 2.29. The van der Waals surface area contributed by atoms with Crippen molar-refractivity contribution in [1.29, 1.82) is 0 Å². The molecule has 0 saturated carbocycles. The SMILES string of the molecule is CC1=C(C(=O)O)C(c2cccc(F)c2[C@@H](C)F)C2=C(COC2=O)N1. The molecule has 0 fully saturated rings. The molecule has 0 bridgehead atoms. The van der Waals surface area contributed by atoms with Crippen LogP contribution in [0.3, 0.4) is 0 Å². The number of hydrogen-bond acceptors (Lipinski definition) is 4. The molecule has 2 atom stereocenters. The molecule has 0 aliphatic carbocycles. The first-order valence-electron chi connectivity index (χ1n) is 7.36. The molecule has 3 rings (SSSR count). The number of carbonyl (C=O) groups excluding carboxylic acids is 1. The molecule has 126 valence electrons. The minimum atomic E-state index is -1.66. The van der Waals surface area contributed by atoms with Gasteiger partial charge in [-0.25, -0.2) is 18.4 Å². The van der Waals surface area contributed by atoms with E-state index in [2.05, 4.69) is 5.32 Å². The van der Waals surface area contributed by atoms with Gasteiger partial charge in [-0.2, -0.15) is 0 Å². The third-order valence-corrected chi connectivity index (χ3v) is 4.24. The number of rotatable bonds is 3. The molecule has 0 aromatic heterocycles. The topological polar surface area (TPSA) is 75.6 Å². The fraction of sp³-hybridized carbons (Fsp3) is 0.294. The zero-order valence-corrected chi connectivity index (χ0v) is 13.0. The lowest BCUT2D eigenvalue weighted by Crippen LogP contribution is -2.30. The molecular formula is C17H15F2NO4. The number of alkyl halides is 1. The third kappa shape index (κ3) is 2.36. The van der Waals surface area contributed by atoms with E-state index in [0.29, 0.717) is 11.4 Å². The van der Waals surface area contributed by atoms with Crippen molar-refractivity contribution in [3.05, 3.63) is 57.7 Å². The summed E-state index contributed by atoms with van der Waals surface area (Å²) in [5, 5.41) is 12.4. The number of aliphatic carboxylic acids is 1. The van der Waals surface area contributed by atoms with Gasteiger partial charge in [0.2, 0.25) is 0 Å². The molecule has 7 heteroatoms. The zero-order valence-electron chi connectivity index (χ0n) is 13.0. The number of cyclic esters (lactones) is 1. The second-order valence-electron chi connectivity index (χ2n) is 5.73. The van der Waals surface area contributed by atoms with Crippen molar-refractivity contribution in [3.8, 4) is 0 Å². The highest BCUT2D eigenvalue weighted by molar-refractivity contribution is 6.00. The molecule has 1 aromatic carbocycles. The number of dihydropyridines is 1. The first-order valence-corrected chi connectivity index (χ1v) is 7.36. The molecule has 0 saturated heterocycles. The van der Waals surface area contributed by atoms with Crippen molar-refractivity contribution < 1.29 is 28.2 Å². The van der Waals surface area contributed by atoms with Crippen molar-refractivity contribution >= 4 is 11.9 Å². The molecule has 2 aliphatic rings. The summed E-state index contributed by atoms with van der Waals surface area (Å²) in [7, 11) is 0. The summed E-state index contributed by atoms with van der Waals surface area (Å²) in [6, 6.07) is 3.92. The molecule has 2 heterocycles. The van der Waals surface area contributed by atoms with E-state index in [-0.39, 0.29) is 28.9 Å². The lowest BCUT2D eigenvalue weighted by atomic mass is 9.78.